The lowest BCUT2D eigenvalue weighted by molar-refractivity contribution is 0.896. The molecule has 1 heterocycles. The van der Waals surface area contributed by atoms with Crippen molar-refractivity contribution in [2.45, 2.75) is 24.0 Å². The number of nitrogens with zero attached hydrogens (tertiary/aromatic N) is 1. The van der Waals surface area contributed by atoms with Gasteiger partial charge in [0, 0.05) is 5.56 Å². The first kappa shape index (κ1) is 15.9. The fraction of sp³-hybridized carbons (Fsp3) is 0.308. The molecule has 7 heteroatoms. The number of hydrogen-bond donors (Lipinski definition) is 2. The number of hydrogen-bond acceptors (Lipinski definition) is 5. The maximum atomic E-state index is 6.08. The van der Waals surface area contributed by atoms with Crippen molar-refractivity contribution in [2.24, 2.45) is 5.84 Å². The van der Waals surface area contributed by atoms with E-state index in [2.05, 4.69) is 17.3 Å². The topological polar surface area (TPSA) is 50.9 Å². The quantitative estimate of drug-likeness (QED) is 0.322. The number of anilines is 1. The molecule has 0 saturated heterocycles. The summed E-state index contributed by atoms with van der Waals surface area (Å²) in [6, 6.07) is 5.55. The lowest BCUT2D eigenvalue weighted by Gasteiger charge is -2.03. The first-order valence-electron chi connectivity index (χ1n) is 6.21. The van der Waals surface area contributed by atoms with Gasteiger partial charge in [0.1, 0.15) is 0 Å². The molecule has 1 aromatic carbocycles. The average molecular weight is 348 g/mol. The molecule has 0 amide bonds. The highest BCUT2D eigenvalue weighted by molar-refractivity contribution is 8.01. The minimum Gasteiger partial charge on any atom is -0.300 e. The molecular formula is C13H15Cl2N3S2. The Morgan fingerprint density at radius 3 is 2.80 bits per heavy atom. The fourth-order valence-electron chi connectivity index (χ4n) is 1.60. The Morgan fingerprint density at radius 2 is 2.15 bits per heavy atom. The number of halogens is 2. The summed E-state index contributed by atoms with van der Waals surface area (Å²) in [5, 5.41) is 1.78. The number of unbranched alkanes of at least 4 members (excludes halogenated alkanes) is 1. The second-order valence-corrected chi connectivity index (χ2v) is 7.31. The van der Waals surface area contributed by atoms with Crippen LogP contribution < -0.4 is 11.3 Å². The van der Waals surface area contributed by atoms with Gasteiger partial charge in [-0.05, 0) is 24.3 Å². The van der Waals surface area contributed by atoms with Crippen LogP contribution in [0.3, 0.4) is 0 Å². The van der Waals surface area contributed by atoms with Crippen molar-refractivity contribution in [3.8, 4) is 11.3 Å². The molecule has 2 aromatic rings. The van der Waals surface area contributed by atoms with E-state index in [0.29, 0.717) is 15.2 Å². The summed E-state index contributed by atoms with van der Waals surface area (Å²) >= 11 is 15.4. The largest absolute Gasteiger partial charge is 0.300 e. The summed E-state index contributed by atoms with van der Waals surface area (Å²) in [6.07, 6.45) is 2.35. The van der Waals surface area contributed by atoms with Gasteiger partial charge in [0.15, 0.2) is 5.13 Å². The number of nitrogens with one attached hydrogen (secondary N) is 1. The SMILES string of the molecule is CCCCSc1sc(NN)nc1-c1ccc(Cl)c(Cl)c1. The van der Waals surface area contributed by atoms with Gasteiger partial charge in [-0.1, -0.05) is 53.9 Å². The van der Waals surface area contributed by atoms with Gasteiger partial charge >= 0.3 is 0 Å². The highest BCUT2D eigenvalue weighted by atomic mass is 35.5. The number of benzene rings is 1. The van der Waals surface area contributed by atoms with Gasteiger partial charge in [0.05, 0.1) is 19.9 Å². The van der Waals surface area contributed by atoms with Crippen molar-refractivity contribution in [2.75, 3.05) is 11.2 Å². The third-order valence-corrected chi connectivity index (χ3v) is 5.72. The van der Waals surface area contributed by atoms with E-state index in [1.54, 1.807) is 29.2 Å². The second kappa shape index (κ2) is 7.52. The minimum atomic E-state index is 0.531. The van der Waals surface area contributed by atoms with Gasteiger partial charge in [-0.3, -0.25) is 5.43 Å². The molecule has 3 N–H and O–H groups in total. The lowest BCUT2D eigenvalue weighted by Crippen LogP contribution is -2.05. The van der Waals surface area contributed by atoms with Crippen molar-refractivity contribution in [3.63, 3.8) is 0 Å². The van der Waals surface area contributed by atoms with Gasteiger partial charge < -0.3 is 0 Å². The predicted octanol–water partition coefficient (Wildman–Crippen LogP) is 5.29. The highest BCUT2D eigenvalue weighted by Gasteiger charge is 2.14. The van der Waals surface area contributed by atoms with E-state index in [9.17, 15) is 0 Å². The molecule has 0 spiro atoms. The molecule has 0 aliphatic carbocycles. The Kier molecular flexibility index (Phi) is 5.99. The maximum absolute atomic E-state index is 6.08. The molecule has 0 aliphatic rings. The molecule has 0 unspecified atom stereocenters. The molecule has 0 atom stereocenters. The standard InChI is InChI=1S/C13H15Cl2N3S2/c1-2-3-6-19-12-11(17-13(18-16)20-12)8-4-5-9(14)10(15)7-8/h4-5,7H,2-3,6,16H2,1H3,(H,17,18). The van der Waals surface area contributed by atoms with Gasteiger partial charge in [0.25, 0.3) is 0 Å². The third kappa shape index (κ3) is 3.80. The van der Waals surface area contributed by atoms with Gasteiger partial charge in [0.2, 0.25) is 0 Å². The van der Waals surface area contributed by atoms with Gasteiger partial charge in [-0.15, -0.1) is 11.8 Å². The summed E-state index contributed by atoms with van der Waals surface area (Å²) in [4.78, 5) is 4.51. The number of nitrogen functional groups attached to an aromatic ring is 1. The molecule has 0 fully saturated rings. The molecule has 0 aliphatic heterocycles. The van der Waals surface area contributed by atoms with Crippen molar-refractivity contribution >= 4 is 51.4 Å². The van der Waals surface area contributed by atoms with Crippen molar-refractivity contribution in [1.29, 1.82) is 0 Å². The van der Waals surface area contributed by atoms with E-state index in [-0.39, 0.29) is 0 Å². The zero-order valence-electron chi connectivity index (χ0n) is 11.0. The first-order valence-corrected chi connectivity index (χ1v) is 8.77. The van der Waals surface area contributed by atoms with Crippen LogP contribution in [-0.2, 0) is 0 Å². The monoisotopic (exact) mass is 347 g/mol. The molecular weight excluding hydrogens is 333 g/mol. The molecule has 0 bridgehead atoms. The number of hydrazine groups is 1. The Balaban J connectivity index is 2.32. The van der Waals surface area contributed by atoms with E-state index in [1.807, 2.05) is 12.1 Å². The normalized spacial score (nSPS) is 10.8. The maximum Gasteiger partial charge on any atom is 0.198 e. The van der Waals surface area contributed by atoms with Crippen LogP contribution in [0.25, 0.3) is 11.3 Å². The molecule has 3 nitrogen and oxygen atoms in total. The van der Waals surface area contributed by atoms with E-state index >= 15 is 0 Å². The number of rotatable bonds is 6. The van der Waals surface area contributed by atoms with Crippen LogP contribution >= 0.6 is 46.3 Å². The number of thioether (sulfide) groups is 1. The smallest absolute Gasteiger partial charge is 0.198 e. The number of thiazole rings is 1. The molecule has 0 saturated carbocycles. The van der Waals surface area contributed by atoms with Crippen LogP contribution in [0.15, 0.2) is 22.4 Å². The first-order chi connectivity index (χ1) is 9.65. The third-order valence-electron chi connectivity index (χ3n) is 2.64. The van der Waals surface area contributed by atoms with E-state index in [4.69, 9.17) is 29.0 Å². The summed E-state index contributed by atoms with van der Waals surface area (Å²) in [5.41, 5.74) is 4.47. The Bertz CT molecular complexity index is 587. The summed E-state index contributed by atoms with van der Waals surface area (Å²) < 4.78 is 1.14. The van der Waals surface area contributed by atoms with Crippen LogP contribution in [-0.4, -0.2) is 10.7 Å². The number of nitrogens with two attached hydrogens (primary N) is 1. The van der Waals surface area contributed by atoms with Crippen LogP contribution in [0.5, 0.6) is 0 Å². The van der Waals surface area contributed by atoms with Gasteiger partial charge in [-0.2, -0.15) is 0 Å². The average Bonchev–Trinajstić information content (AvgIpc) is 2.85. The predicted molar refractivity (Wildman–Crippen MR) is 91.0 cm³/mol. The zero-order valence-corrected chi connectivity index (χ0v) is 14.1. The highest BCUT2D eigenvalue weighted by Crippen LogP contribution is 2.40. The van der Waals surface area contributed by atoms with E-state index < -0.39 is 0 Å². The Labute approximate surface area is 136 Å². The fourth-order valence-corrected chi connectivity index (χ4v) is 4.17. The minimum absolute atomic E-state index is 0.531. The molecule has 0 radical (unpaired) electrons. The van der Waals surface area contributed by atoms with Crippen LogP contribution in [0, 0.1) is 0 Å². The summed E-state index contributed by atoms with van der Waals surface area (Å²) in [5.74, 6) is 6.53. The molecule has 108 valence electrons. The van der Waals surface area contributed by atoms with Crippen LogP contribution in [0.4, 0.5) is 5.13 Å². The molecule has 2 rings (SSSR count). The van der Waals surface area contributed by atoms with Crippen LogP contribution in [0.2, 0.25) is 10.0 Å². The summed E-state index contributed by atoms with van der Waals surface area (Å²) in [6.45, 7) is 2.18. The second-order valence-electron chi connectivity index (χ2n) is 4.13. The lowest BCUT2D eigenvalue weighted by atomic mass is 10.2. The molecule has 1 aromatic heterocycles. The summed E-state index contributed by atoms with van der Waals surface area (Å²) in [7, 11) is 0. The van der Waals surface area contributed by atoms with E-state index in [0.717, 1.165) is 21.2 Å². The molecule has 20 heavy (non-hydrogen) atoms. The van der Waals surface area contributed by atoms with Crippen LogP contribution in [0.1, 0.15) is 19.8 Å². The number of aromatic nitrogens is 1. The van der Waals surface area contributed by atoms with Crippen molar-refractivity contribution < 1.29 is 0 Å². The van der Waals surface area contributed by atoms with Crippen molar-refractivity contribution in [3.05, 3.63) is 28.2 Å². The van der Waals surface area contributed by atoms with Gasteiger partial charge in [-0.25, -0.2) is 10.8 Å². The van der Waals surface area contributed by atoms with E-state index in [1.165, 1.54) is 12.8 Å². The Hall–Kier alpha value is -0.460. The van der Waals surface area contributed by atoms with Crippen molar-refractivity contribution in [1.82, 2.24) is 4.98 Å². The zero-order chi connectivity index (χ0) is 14.5. The Morgan fingerprint density at radius 1 is 1.35 bits per heavy atom.